The van der Waals surface area contributed by atoms with Gasteiger partial charge < -0.3 is 14.2 Å². The lowest BCUT2D eigenvalue weighted by atomic mass is 10.2. The summed E-state index contributed by atoms with van der Waals surface area (Å²) in [4.78, 5) is 15.4. The Morgan fingerprint density at radius 3 is 2.67 bits per heavy atom. The zero-order valence-electron chi connectivity index (χ0n) is 11.0. The van der Waals surface area contributed by atoms with Gasteiger partial charge >= 0.3 is 5.97 Å². The average molecular weight is 254 g/mol. The normalized spacial score (nSPS) is 11.8. The molecule has 0 radical (unpaired) electrons. The first-order valence-corrected chi connectivity index (χ1v) is 5.51. The predicted octanol–water partition coefficient (Wildman–Crippen LogP) is 0.750. The topological polar surface area (TPSA) is 69.7 Å². The van der Waals surface area contributed by atoms with Gasteiger partial charge in [-0.05, 0) is 6.92 Å². The Morgan fingerprint density at radius 2 is 2.11 bits per heavy atom. The molecule has 6 heteroatoms. The van der Waals surface area contributed by atoms with Gasteiger partial charge in [-0.25, -0.2) is 0 Å². The van der Waals surface area contributed by atoms with Crippen molar-refractivity contribution in [3.8, 4) is 11.5 Å². The van der Waals surface area contributed by atoms with Crippen molar-refractivity contribution in [3.63, 3.8) is 0 Å². The van der Waals surface area contributed by atoms with Gasteiger partial charge in [-0.1, -0.05) is 0 Å². The van der Waals surface area contributed by atoms with Crippen LogP contribution in [0.5, 0.6) is 11.5 Å². The summed E-state index contributed by atoms with van der Waals surface area (Å²) in [6, 6.07) is 1.30. The molecular formula is C12H18N2O4. The highest BCUT2D eigenvalue weighted by atomic mass is 16.5. The summed E-state index contributed by atoms with van der Waals surface area (Å²) in [6.45, 7) is 2.11. The molecule has 0 spiro atoms. The second-order valence-electron chi connectivity index (χ2n) is 3.62. The number of esters is 1. The fourth-order valence-corrected chi connectivity index (χ4v) is 1.49. The Kier molecular flexibility index (Phi) is 5.38. The standard InChI is InChI=1S/C12H18N2O4/c1-8(12(15)18-4)14-7-9-11(17-3)10(16-2)5-6-13-9/h5-6,8,14H,7H2,1-4H3. The van der Waals surface area contributed by atoms with Crippen LogP contribution in [0.1, 0.15) is 12.6 Å². The molecule has 0 amide bonds. The number of ether oxygens (including phenoxy) is 3. The molecule has 6 nitrogen and oxygen atoms in total. The van der Waals surface area contributed by atoms with Crippen molar-refractivity contribution in [3.05, 3.63) is 18.0 Å². The number of carbonyl (C=O) groups is 1. The van der Waals surface area contributed by atoms with Crippen molar-refractivity contribution in [2.24, 2.45) is 0 Å². The molecule has 1 aromatic heterocycles. The van der Waals surface area contributed by atoms with E-state index in [1.54, 1.807) is 33.4 Å². The molecule has 1 atom stereocenters. The van der Waals surface area contributed by atoms with E-state index in [4.69, 9.17) is 9.47 Å². The van der Waals surface area contributed by atoms with E-state index in [9.17, 15) is 4.79 Å². The van der Waals surface area contributed by atoms with Crippen LogP contribution in [0.15, 0.2) is 12.3 Å². The van der Waals surface area contributed by atoms with Crippen molar-refractivity contribution >= 4 is 5.97 Å². The molecule has 1 N–H and O–H groups in total. The smallest absolute Gasteiger partial charge is 0.322 e. The average Bonchev–Trinajstić information content (AvgIpc) is 2.42. The first-order chi connectivity index (χ1) is 8.63. The van der Waals surface area contributed by atoms with E-state index in [2.05, 4.69) is 15.0 Å². The van der Waals surface area contributed by atoms with Crippen molar-refractivity contribution < 1.29 is 19.0 Å². The zero-order chi connectivity index (χ0) is 13.5. The number of methoxy groups -OCH3 is 3. The summed E-state index contributed by atoms with van der Waals surface area (Å²) in [6.07, 6.45) is 1.63. The molecule has 18 heavy (non-hydrogen) atoms. The van der Waals surface area contributed by atoms with Crippen LogP contribution in [0.2, 0.25) is 0 Å². The fourth-order valence-electron chi connectivity index (χ4n) is 1.49. The van der Waals surface area contributed by atoms with Gasteiger partial charge in [0.1, 0.15) is 6.04 Å². The Labute approximate surface area is 106 Å². The Morgan fingerprint density at radius 1 is 1.39 bits per heavy atom. The predicted molar refractivity (Wildman–Crippen MR) is 65.7 cm³/mol. The maximum atomic E-state index is 11.2. The van der Waals surface area contributed by atoms with E-state index in [-0.39, 0.29) is 5.97 Å². The van der Waals surface area contributed by atoms with Gasteiger partial charge in [0.15, 0.2) is 11.5 Å². The van der Waals surface area contributed by atoms with Gasteiger partial charge in [-0.15, -0.1) is 0 Å². The molecule has 1 heterocycles. The molecule has 0 aliphatic rings. The molecule has 100 valence electrons. The third kappa shape index (κ3) is 3.33. The summed E-state index contributed by atoms with van der Waals surface area (Å²) in [5.74, 6) is 0.844. The van der Waals surface area contributed by atoms with E-state index in [1.165, 1.54) is 7.11 Å². The van der Waals surface area contributed by atoms with Gasteiger partial charge in [0, 0.05) is 18.8 Å². The van der Waals surface area contributed by atoms with Crippen molar-refractivity contribution in [1.29, 1.82) is 0 Å². The third-order valence-corrected chi connectivity index (χ3v) is 2.50. The highest BCUT2D eigenvalue weighted by molar-refractivity contribution is 5.75. The van der Waals surface area contributed by atoms with Gasteiger partial charge in [-0.2, -0.15) is 0 Å². The molecule has 0 aliphatic heterocycles. The van der Waals surface area contributed by atoms with Gasteiger partial charge in [0.25, 0.3) is 0 Å². The lowest BCUT2D eigenvalue weighted by Gasteiger charge is -2.14. The van der Waals surface area contributed by atoms with Crippen LogP contribution in [0.25, 0.3) is 0 Å². The number of nitrogens with one attached hydrogen (secondary N) is 1. The minimum atomic E-state index is -0.410. The Hall–Kier alpha value is -1.82. The molecular weight excluding hydrogens is 236 g/mol. The SMILES string of the molecule is COC(=O)C(C)NCc1nccc(OC)c1OC. The zero-order valence-corrected chi connectivity index (χ0v) is 11.0. The van der Waals surface area contributed by atoms with E-state index in [0.717, 1.165) is 0 Å². The van der Waals surface area contributed by atoms with Crippen LogP contribution in [-0.2, 0) is 16.1 Å². The fraction of sp³-hybridized carbons (Fsp3) is 0.500. The summed E-state index contributed by atoms with van der Waals surface area (Å²) in [5, 5.41) is 3.00. The summed E-state index contributed by atoms with van der Waals surface area (Å²) in [7, 11) is 4.46. The van der Waals surface area contributed by atoms with E-state index in [0.29, 0.717) is 23.7 Å². The number of hydrogen-bond donors (Lipinski definition) is 1. The molecule has 0 saturated heterocycles. The minimum absolute atomic E-state index is 0.322. The van der Waals surface area contributed by atoms with Crippen molar-refractivity contribution in [2.45, 2.75) is 19.5 Å². The van der Waals surface area contributed by atoms with E-state index in [1.807, 2.05) is 0 Å². The van der Waals surface area contributed by atoms with Crippen LogP contribution in [-0.4, -0.2) is 38.3 Å². The molecule has 1 rings (SSSR count). The van der Waals surface area contributed by atoms with Crippen molar-refractivity contribution in [2.75, 3.05) is 21.3 Å². The number of carbonyl (C=O) groups excluding carboxylic acids is 1. The highest BCUT2D eigenvalue weighted by Gasteiger charge is 2.15. The molecule has 0 aromatic carbocycles. The molecule has 0 saturated carbocycles. The maximum absolute atomic E-state index is 11.2. The van der Waals surface area contributed by atoms with Crippen LogP contribution in [0, 0.1) is 0 Å². The Bertz CT molecular complexity index is 409. The number of nitrogens with zero attached hydrogens (tertiary/aromatic N) is 1. The summed E-state index contributed by atoms with van der Waals surface area (Å²) < 4.78 is 15.0. The number of hydrogen-bond acceptors (Lipinski definition) is 6. The molecule has 0 bridgehead atoms. The van der Waals surface area contributed by atoms with E-state index < -0.39 is 6.04 Å². The first kappa shape index (κ1) is 14.2. The molecule has 0 fully saturated rings. The largest absolute Gasteiger partial charge is 0.493 e. The number of rotatable bonds is 6. The molecule has 1 aromatic rings. The minimum Gasteiger partial charge on any atom is -0.493 e. The molecule has 1 unspecified atom stereocenters. The number of aromatic nitrogens is 1. The van der Waals surface area contributed by atoms with Gasteiger partial charge in [0.2, 0.25) is 0 Å². The quantitative estimate of drug-likeness (QED) is 0.755. The van der Waals surface area contributed by atoms with Crippen LogP contribution >= 0.6 is 0 Å². The van der Waals surface area contributed by atoms with Gasteiger partial charge in [0.05, 0.1) is 27.0 Å². The second kappa shape index (κ2) is 6.80. The highest BCUT2D eigenvalue weighted by Crippen LogP contribution is 2.28. The van der Waals surface area contributed by atoms with Crippen LogP contribution in [0.3, 0.4) is 0 Å². The molecule has 0 aliphatic carbocycles. The van der Waals surface area contributed by atoms with Crippen molar-refractivity contribution in [1.82, 2.24) is 10.3 Å². The Balaban J connectivity index is 2.75. The van der Waals surface area contributed by atoms with Gasteiger partial charge in [-0.3, -0.25) is 15.1 Å². The van der Waals surface area contributed by atoms with E-state index >= 15 is 0 Å². The first-order valence-electron chi connectivity index (χ1n) is 5.51. The third-order valence-electron chi connectivity index (χ3n) is 2.50. The van der Waals surface area contributed by atoms with Crippen LogP contribution in [0.4, 0.5) is 0 Å². The lowest BCUT2D eigenvalue weighted by Crippen LogP contribution is -2.34. The monoisotopic (exact) mass is 254 g/mol. The summed E-state index contributed by atoms with van der Waals surface area (Å²) >= 11 is 0. The second-order valence-corrected chi connectivity index (χ2v) is 3.62. The number of pyridine rings is 1. The maximum Gasteiger partial charge on any atom is 0.322 e. The lowest BCUT2D eigenvalue weighted by molar-refractivity contribution is -0.142. The van der Waals surface area contributed by atoms with Crippen LogP contribution < -0.4 is 14.8 Å². The summed E-state index contributed by atoms with van der Waals surface area (Å²) in [5.41, 5.74) is 0.674.